The number of aliphatic carboxylic acids is 1. The van der Waals surface area contributed by atoms with E-state index in [0.717, 1.165) is 5.76 Å². The SMILES string of the molecule is CC(Cc1ccco1)NC(=O)C1CCC(C(=O)O)O1. The van der Waals surface area contributed by atoms with Crippen molar-refractivity contribution in [2.75, 3.05) is 0 Å². The number of hydrogen-bond donors (Lipinski definition) is 2. The third-order valence-electron chi connectivity index (χ3n) is 3.06. The van der Waals surface area contributed by atoms with E-state index in [0.29, 0.717) is 19.3 Å². The van der Waals surface area contributed by atoms with Crippen LogP contribution in [0.4, 0.5) is 0 Å². The van der Waals surface area contributed by atoms with Crippen LogP contribution in [0.5, 0.6) is 0 Å². The van der Waals surface area contributed by atoms with Crippen molar-refractivity contribution in [1.82, 2.24) is 5.32 Å². The highest BCUT2D eigenvalue weighted by atomic mass is 16.5. The maximum absolute atomic E-state index is 11.9. The fraction of sp³-hybridized carbons (Fsp3) is 0.538. The summed E-state index contributed by atoms with van der Waals surface area (Å²) in [5.74, 6) is -0.481. The Morgan fingerprint density at radius 2 is 2.21 bits per heavy atom. The van der Waals surface area contributed by atoms with Crippen molar-refractivity contribution in [2.24, 2.45) is 0 Å². The first-order valence-electron chi connectivity index (χ1n) is 6.27. The minimum Gasteiger partial charge on any atom is -0.479 e. The Bertz CT molecular complexity index is 442. The van der Waals surface area contributed by atoms with Crippen LogP contribution in [0.1, 0.15) is 25.5 Å². The summed E-state index contributed by atoms with van der Waals surface area (Å²) in [7, 11) is 0. The van der Waals surface area contributed by atoms with Crippen molar-refractivity contribution in [3.05, 3.63) is 24.2 Å². The Morgan fingerprint density at radius 1 is 1.47 bits per heavy atom. The summed E-state index contributed by atoms with van der Waals surface area (Å²) in [4.78, 5) is 22.6. The predicted octanol–water partition coefficient (Wildman–Crippen LogP) is 0.959. The fourth-order valence-corrected chi connectivity index (χ4v) is 2.13. The summed E-state index contributed by atoms with van der Waals surface area (Å²) in [5, 5.41) is 11.6. The van der Waals surface area contributed by atoms with Crippen LogP contribution in [-0.4, -0.2) is 35.2 Å². The summed E-state index contributed by atoms with van der Waals surface area (Å²) < 4.78 is 10.4. The van der Waals surface area contributed by atoms with Gasteiger partial charge in [-0.2, -0.15) is 0 Å². The molecule has 6 nitrogen and oxygen atoms in total. The van der Waals surface area contributed by atoms with Gasteiger partial charge in [-0.05, 0) is 31.9 Å². The molecule has 1 aliphatic rings. The Morgan fingerprint density at radius 3 is 2.79 bits per heavy atom. The van der Waals surface area contributed by atoms with Gasteiger partial charge in [0.15, 0.2) is 6.10 Å². The van der Waals surface area contributed by atoms with Crippen LogP contribution >= 0.6 is 0 Å². The van der Waals surface area contributed by atoms with Gasteiger partial charge in [-0.1, -0.05) is 0 Å². The minimum atomic E-state index is -1.01. The second-order valence-corrected chi connectivity index (χ2v) is 4.72. The summed E-state index contributed by atoms with van der Waals surface area (Å²) in [6.45, 7) is 1.87. The number of nitrogens with one attached hydrogen (secondary N) is 1. The molecule has 2 heterocycles. The van der Waals surface area contributed by atoms with Gasteiger partial charge in [-0.15, -0.1) is 0 Å². The molecule has 0 spiro atoms. The van der Waals surface area contributed by atoms with E-state index in [-0.39, 0.29) is 11.9 Å². The molecule has 0 saturated carbocycles. The zero-order chi connectivity index (χ0) is 13.8. The van der Waals surface area contributed by atoms with Gasteiger partial charge in [-0.3, -0.25) is 4.79 Å². The minimum absolute atomic E-state index is 0.0915. The lowest BCUT2D eigenvalue weighted by Gasteiger charge is -2.16. The molecule has 0 radical (unpaired) electrons. The zero-order valence-corrected chi connectivity index (χ0v) is 10.7. The molecule has 1 aliphatic heterocycles. The predicted molar refractivity (Wildman–Crippen MR) is 65.5 cm³/mol. The molecular formula is C13H17NO5. The van der Waals surface area contributed by atoms with Crippen molar-refractivity contribution in [3.8, 4) is 0 Å². The normalized spacial score (nSPS) is 24.1. The molecule has 1 aromatic rings. The van der Waals surface area contributed by atoms with E-state index in [1.807, 2.05) is 13.0 Å². The molecular weight excluding hydrogens is 250 g/mol. The van der Waals surface area contributed by atoms with Crippen molar-refractivity contribution < 1.29 is 23.8 Å². The first-order chi connectivity index (χ1) is 9.06. The molecule has 3 unspecified atom stereocenters. The highest BCUT2D eigenvalue weighted by molar-refractivity contribution is 5.82. The van der Waals surface area contributed by atoms with E-state index in [1.54, 1.807) is 12.3 Å². The van der Waals surface area contributed by atoms with Crippen molar-refractivity contribution >= 4 is 11.9 Å². The average Bonchev–Trinajstić information content (AvgIpc) is 2.98. The first kappa shape index (κ1) is 13.6. The lowest BCUT2D eigenvalue weighted by atomic mass is 10.1. The van der Waals surface area contributed by atoms with E-state index < -0.39 is 18.2 Å². The lowest BCUT2D eigenvalue weighted by Crippen LogP contribution is -2.41. The van der Waals surface area contributed by atoms with E-state index in [2.05, 4.69) is 5.32 Å². The van der Waals surface area contributed by atoms with Gasteiger partial charge >= 0.3 is 5.97 Å². The molecule has 1 amide bonds. The van der Waals surface area contributed by atoms with Gasteiger partial charge in [0, 0.05) is 12.5 Å². The topological polar surface area (TPSA) is 88.8 Å². The van der Waals surface area contributed by atoms with Gasteiger partial charge in [-0.25, -0.2) is 4.79 Å². The number of carboxylic acid groups (broad SMARTS) is 1. The molecule has 2 N–H and O–H groups in total. The fourth-order valence-electron chi connectivity index (χ4n) is 2.13. The number of carboxylic acids is 1. The van der Waals surface area contributed by atoms with Crippen LogP contribution in [0.2, 0.25) is 0 Å². The van der Waals surface area contributed by atoms with Crippen molar-refractivity contribution in [1.29, 1.82) is 0 Å². The molecule has 1 fully saturated rings. The quantitative estimate of drug-likeness (QED) is 0.829. The number of hydrogen-bond acceptors (Lipinski definition) is 4. The summed E-state index contributed by atoms with van der Waals surface area (Å²) in [5.41, 5.74) is 0. The second kappa shape index (κ2) is 5.88. The third kappa shape index (κ3) is 3.57. The van der Waals surface area contributed by atoms with E-state index in [1.165, 1.54) is 0 Å². The van der Waals surface area contributed by atoms with Crippen LogP contribution < -0.4 is 5.32 Å². The van der Waals surface area contributed by atoms with Gasteiger partial charge in [0.25, 0.3) is 0 Å². The van der Waals surface area contributed by atoms with Gasteiger partial charge in [0.1, 0.15) is 11.9 Å². The first-order valence-corrected chi connectivity index (χ1v) is 6.27. The van der Waals surface area contributed by atoms with Crippen LogP contribution in [0.15, 0.2) is 22.8 Å². The highest BCUT2D eigenvalue weighted by Crippen LogP contribution is 2.20. The monoisotopic (exact) mass is 267 g/mol. The number of furan rings is 1. The zero-order valence-electron chi connectivity index (χ0n) is 10.7. The third-order valence-corrected chi connectivity index (χ3v) is 3.06. The van der Waals surface area contributed by atoms with E-state index in [9.17, 15) is 9.59 Å². The lowest BCUT2D eigenvalue weighted by molar-refractivity contribution is -0.151. The Balaban J connectivity index is 1.79. The number of carbonyl (C=O) groups is 2. The van der Waals surface area contributed by atoms with Gasteiger partial charge in [0.2, 0.25) is 5.91 Å². The number of amides is 1. The van der Waals surface area contributed by atoms with E-state index in [4.69, 9.17) is 14.3 Å². The van der Waals surface area contributed by atoms with E-state index >= 15 is 0 Å². The van der Waals surface area contributed by atoms with Crippen LogP contribution in [-0.2, 0) is 20.7 Å². The molecule has 2 rings (SSSR count). The maximum atomic E-state index is 11.9. The van der Waals surface area contributed by atoms with Crippen LogP contribution in [0.3, 0.4) is 0 Å². The second-order valence-electron chi connectivity index (χ2n) is 4.72. The molecule has 0 bridgehead atoms. The van der Waals surface area contributed by atoms with Gasteiger partial charge in [0.05, 0.1) is 6.26 Å². The Labute approximate surface area is 110 Å². The molecule has 104 valence electrons. The van der Waals surface area contributed by atoms with Crippen LogP contribution in [0.25, 0.3) is 0 Å². The number of carbonyl (C=O) groups excluding carboxylic acids is 1. The molecule has 0 aliphatic carbocycles. The smallest absolute Gasteiger partial charge is 0.332 e. The summed E-state index contributed by atoms with van der Waals surface area (Å²) >= 11 is 0. The van der Waals surface area contributed by atoms with Crippen molar-refractivity contribution in [2.45, 2.75) is 44.4 Å². The maximum Gasteiger partial charge on any atom is 0.332 e. The Kier molecular flexibility index (Phi) is 4.21. The molecule has 6 heteroatoms. The Hall–Kier alpha value is -1.82. The summed E-state index contributed by atoms with van der Waals surface area (Å²) in [6.07, 6.45) is 1.46. The molecule has 1 aromatic heterocycles. The molecule has 3 atom stereocenters. The highest BCUT2D eigenvalue weighted by Gasteiger charge is 2.35. The van der Waals surface area contributed by atoms with Gasteiger partial charge < -0.3 is 19.6 Å². The standard InChI is InChI=1S/C13H17NO5/c1-8(7-9-3-2-6-18-9)14-12(15)10-4-5-11(19-10)13(16)17/h2-3,6,8,10-11H,4-5,7H2,1H3,(H,14,15)(H,16,17). The molecule has 0 aromatic carbocycles. The largest absolute Gasteiger partial charge is 0.479 e. The summed E-state index contributed by atoms with van der Waals surface area (Å²) in [6, 6.07) is 3.54. The van der Waals surface area contributed by atoms with Crippen molar-refractivity contribution in [3.63, 3.8) is 0 Å². The number of ether oxygens (including phenoxy) is 1. The van der Waals surface area contributed by atoms with Crippen LogP contribution in [0, 0.1) is 0 Å². The molecule has 1 saturated heterocycles. The average molecular weight is 267 g/mol. The number of rotatable bonds is 5. The molecule has 19 heavy (non-hydrogen) atoms.